The third-order valence-corrected chi connectivity index (χ3v) is 5.45. The van der Waals surface area contributed by atoms with Gasteiger partial charge in [0, 0.05) is 28.8 Å². The zero-order chi connectivity index (χ0) is 15.3. The number of aliphatic hydroxyl groups excluding tert-OH is 1. The van der Waals surface area contributed by atoms with Gasteiger partial charge in [-0.15, -0.1) is 11.8 Å². The molecule has 1 aromatic carbocycles. The Morgan fingerprint density at radius 3 is 2.57 bits per heavy atom. The van der Waals surface area contributed by atoms with E-state index < -0.39 is 0 Å². The van der Waals surface area contributed by atoms with Crippen molar-refractivity contribution in [2.75, 3.05) is 13.2 Å². The minimum Gasteiger partial charge on any atom is -0.396 e. The van der Waals surface area contributed by atoms with Crippen molar-refractivity contribution >= 4 is 17.8 Å². The molecule has 0 radical (unpaired) electrons. The van der Waals surface area contributed by atoms with Crippen LogP contribution in [0.2, 0.25) is 0 Å². The van der Waals surface area contributed by atoms with Gasteiger partial charge >= 0.3 is 6.03 Å². The summed E-state index contributed by atoms with van der Waals surface area (Å²) in [5, 5.41) is 14.9. The summed E-state index contributed by atoms with van der Waals surface area (Å²) in [5.41, 5.74) is 0. The maximum atomic E-state index is 11.9. The van der Waals surface area contributed by atoms with Crippen molar-refractivity contribution < 1.29 is 9.90 Å². The van der Waals surface area contributed by atoms with Gasteiger partial charge in [-0.1, -0.05) is 25.1 Å². The summed E-state index contributed by atoms with van der Waals surface area (Å²) in [6.45, 7) is 4.58. The lowest BCUT2D eigenvalue weighted by Crippen LogP contribution is -2.46. The second kappa shape index (κ2) is 7.18. The maximum Gasteiger partial charge on any atom is 0.315 e. The van der Waals surface area contributed by atoms with Gasteiger partial charge in [0.25, 0.3) is 0 Å². The first-order valence-electron chi connectivity index (χ1n) is 7.44. The SMILES string of the molecule is CC(CO)C(C)NC(=O)NCC1(Sc2ccccc2)CC1. The molecule has 0 aromatic heterocycles. The van der Waals surface area contributed by atoms with Gasteiger partial charge in [0.1, 0.15) is 0 Å². The Hall–Kier alpha value is -1.20. The van der Waals surface area contributed by atoms with E-state index in [2.05, 4.69) is 22.8 Å². The van der Waals surface area contributed by atoms with Gasteiger partial charge in [-0.3, -0.25) is 0 Å². The van der Waals surface area contributed by atoms with Gasteiger partial charge in [-0.25, -0.2) is 4.79 Å². The van der Waals surface area contributed by atoms with Gasteiger partial charge in [-0.05, 0) is 37.8 Å². The van der Waals surface area contributed by atoms with Crippen molar-refractivity contribution in [3.8, 4) is 0 Å². The minimum atomic E-state index is -0.150. The highest BCUT2D eigenvalue weighted by molar-refractivity contribution is 8.01. The molecule has 1 aliphatic rings. The molecule has 1 aromatic rings. The fourth-order valence-electron chi connectivity index (χ4n) is 1.99. The molecule has 1 saturated carbocycles. The minimum absolute atomic E-state index is 0.0353. The van der Waals surface area contributed by atoms with Crippen LogP contribution in [0.1, 0.15) is 26.7 Å². The van der Waals surface area contributed by atoms with Crippen molar-refractivity contribution in [3.05, 3.63) is 30.3 Å². The van der Waals surface area contributed by atoms with Crippen LogP contribution in [0.3, 0.4) is 0 Å². The molecule has 21 heavy (non-hydrogen) atoms. The molecule has 3 N–H and O–H groups in total. The second-order valence-electron chi connectivity index (χ2n) is 5.87. The van der Waals surface area contributed by atoms with Gasteiger partial charge in [0.15, 0.2) is 0 Å². The van der Waals surface area contributed by atoms with Gasteiger partial charge < -0.3 is 15.7 Å². The molecule has 116 valence electrons. The number of benzene rings is 1. The van der Waals surface area contributed by atoms with E-state index in [9.17, 15) is 4.79 Å². The van der Waals surface area contributed by atoms with E-state index in [0.717, 1.165) is 12.8 Å². The van der Waals surface area contributed by atoms with Crippen LogP contribution in [-0.4, -0.2) is 35.1 Å². The highest BCUT2D eigenvalue weighted by atomic mass is 32.2. The van der Waals surface area contributed by atoms with Crippen LogP contribution >= 0.6 is 11.8 Å². The summed E-state index contributed by atoms with van der Waals surface area (Å²) in [5.74, 6) is 0.0596. The molecule has 1 fully saturated rings. The normalized spacial score (nSPS) is 18.6. The standard InChI is InChI=1S/C16H24N2O2S/c1-12(10-19)13(2)18-15(20)17-11-16(8-9-16)21-14-6-4-3-5-7-14/h3-7,12-13,19H,8-11H2,1-2H3,(H2,17,18,20). The molecular weight excluding hydrogens is 284 g/mol. The van der Waals surface area contributed by atoms with Crippen LogP contribution in [0.25, 0.3) is 0 Å². The van der Waals surface area contributed by atoms with E-state index in [4.69, 9.17) is 5.11 Å². The van der Waals surface area contributed by atoms with Crippen molar-refractivity contribution in [3.63, 3.8) is 0 Å². The Balaban J connectivity index is 1.76. The van der Waals surface area contributed by atoms with Crippen LogP contribution in [0.5, 0.6) is 0 Å². The third-order valence-electron chi connectivity index (χ3n) is 3.96. The molecule has 0 bridgehead atoms. The lowest BCUT2D eigenvalue weighted by atomic mass is 10.1. The van der Waals surface area contributed by atoms with Crippen molar-refractivity contribution in [1.29, 1.82) is 0 Å². The highest BCUT2D eigenvalue weighted by Gasteiger charge is 2.43. The predicted molar refractivity (Wildman–Crippen MR) is 86.5 cm³/mol. The van der Waals surface area contributed by atoms with E-state index in [1.54, 1.807) is 0 Å². The largest absolute Gasteiger partial charge is 0.396 e. The molecule has 2 rings (SSSR count). The first-order chi connectivity index (χ1) is 10.0. The molecule has 4 nitrogen and oxygen atoms in total. The van der Waals surface area contributed by atoms with E-state index in [0.29, 0.717) is 6.54 Å². The van der Waals surface area contributed by atoms with Gasteiger partial charge in [-0.2, -0.15) is 0 Å². The van der Waals surface area contributed by atoms with Crippen LogP contribution in [0, 0.1) is 5.92 Å². The average molecular weight is 308 g/mol. The molecular formula is C16H24N2O2S. The number of nitrogens with one attached hydrogen (secondary N) is 2. The molecule has 0 saturated heterocycles. The first-order valence-corrected chi connectivity index (χ1v) is 8.25. The smallest absolute Gasteiger partial charge is 0.315 e. The number of carbonyl (C=O) groups is 1. The number of urea groups is 1. The Morgan fingerprint density at radius 2 is 2.00 bits per heavy atom. The highest BCUT2D eigenvalue weighted by Crippen LogP contribution is 2.51. The Kier molecular flexibility index (Phi) is 5.53. The van der Waals surface area contributed by atoms with Crippen LogP contribution in [0.15, 0.2) is 35.2 Å². The van der Waals surface area contributed by atoms with E-state index in [1.165, 1.54) is 4.90 Å². The summed E-state index contributed by atoms with van der Waals surface area (Å²) >= 11 is 1.85. The number of carbonyl (C=O) groups excluding carboxylic acids is 1. The van der Waals surface area contributed by atoms with Gasteiger partial charge in [0.05, 0.1) is 0 Å². The monoisotopic (exact) mass is 308 g/mol. The summed E-state index contributed by atoms with van der Waals surface area (Å²) < 4.78 is 0.157. The zero-order valence-corrected chi connectivity index (χ0v) is 13.5. The van der Waals surface area contributed by atoms with Crippen molar-refractivity contribution in [2.45, 2.75) is 42.4 Å². The number of rotatable bonds is 7. The molecule has 0 spiro atoms. The fraction of sp³-hybridized carbons (Fsp3) is 0.562. The summed E-state index contributed by atoms with van der Waals surface area (Å²) in [6, 6.07) is 10.1. The number of aliphatic hydroxyl groups is 1. The predicted octanol–water partition coefficient (Wildman–Crippen LogP) is 2.63. The topological polar surface area (TPSA) is 61.4 Å². The summed E-state index contributed by atoms with van der Waals surface area (Å²) in [7, 11) is 0. The van der Waals surface area contributed by atoms with Crippen molar-refractivity contribution in [2.24, 2.45) is 5.92 Å². The Bertz CT molecular complexity index is 463. The van der Waals surface area contributed by atoms with Crippen LogP contribution in [-0.2, 0) is 0 Å². The fourth-order valence-corrected chi connectivity index (χ4v) is 3.24. The molecule has 5 heteroatoms. The molecule has 2 atom stereocenters. The Labute approximate surface area is 130 Å². The van der Waals surface area contributed by atoms with Gasteiger partial charge in [0.2, 0.25) is 0 Å². The van der Waals surface area contributed by atoms with E-state index >= 15 is 0 Å². The number of amides is 2. The molecule has 0 aliphatic heterocycles. The summed E-state index contributed by atoms with van der Waals surface area (Å²) in [6.07, 6.45) is 2.27. The molecule has 0 heterocycles. The lowest BCUT2D eigenvalue weighted by Gasteiger charge is -2.21. The van der Waals surface area contributed by atoms with Crippen molar-refractivity contribution in [1.82, 2.24) is 10.6 Å². The molecule has 2 amide bonds. The number of hydrogen-bond donors (Lipinski definition) is 3. The average Bonchev–Trinajstić information content (AvgIpc) is 3.25. The molecule has 1 aliphatic carbocycles. The number of hydrogen-bond acceptors (Lipinski definition) is 3. The second-order valence-corrected chi connectivity index (χ2v) is 7.42. The lowest BCUT2D eigenvalue weighted by molar-refractivity contribution is 0.200. The molecule has 2 unspecified atom stereocenters. The van der Waals surface area contributed by atoms with E-state index in [-0.39, 0.29) is 29.3 Å². The van der Waals surface area contributed by atoms with Crippen LogP contribution in [0.4, 0.5) is 4.79 Å². The quantitative estimate of drug-likeness (QED) is 0.725. The third kappa shape index (κ3) is 4.93. The zero-order valence-electron chi connectivity index (χ0n) is 12.6. The van der Waals surface area contributed by atoms with Crippen LogP contribution < -0.4 is 10.6 Å². The number of thioether (sulfide) groups is 1. The Morgan fingerprint density at radius 1 is 1.33 bits per heavy atom. The maximum absolute atomic E-state index is 11.9. The van der Waals surface area contributed by atoms with E-state index in [1.807, 2.05) is 43.8 Å². The first kappa shape index (κ1) is 16.2. The summed E-state index contributed by atoms with van der Waals surface area (Å²) in [4.78, 5) is 13.1.